The molecule has 2 unspecified atom stereocenters. The van der Waals surface area contributed by atoms with E-state index in [1.807, 2.05) is 64.6 Å². The number of aromatic nitrogens is 6. The summed E-state index contributed by atoms with van der Waals surface area (Å²) in [5.41, 5.74) is 5.93. The first-order valence-electron chi connectivity index (χ1n) is 16.6. The van der Waals surface area contributed by atoms with E-state index in [0.717, 1.165) is 38.9 Å². The SMILES string of the molecule is CCC1CN(Cc2cc(C(c3ccc4c(nnn4CC)c3C)C(C)(C)C(=O)Nc3cnc(SC)nc3)ccc2C)S(O)(O)c2cccnc2O1. The molecule has 3 aromatic heterocycles. The Morgan fingerprint density at radius 3 is 2.58 bits per heavy atom. The number of aryl methyl sites for hydroxylation is 3. The van der Waals surface area contributed by atoms with Crippen LogP contribution in [0.3, 0.4) is 0 Å². The van der Waals surface area contributed by atoms with E-state index < -0.39 is 22.1 Å². The summed E-state index contributed by atoms with van der Waals surface area (Å²) in [6, 6.07) is 13.6. The average Bonchev–Trinajstić information content (AvgIpc) is 3.50. The Labute approximate surface area is 298 Å². The maximum Gasteiger partial charge on any atom is 0.239 e. The van der Waals surface area contributed by atoms with E-state index in [2.05, 4.69) is 48.8 Å². The van der Waals surface area contributed by atoms with Crippen LogP contribution in [0.25, 0.3) is 11.0 Å². The third-order valence-corrected chi connectivity index (χ3v) is 12.0. The average molecular weight is 717 g/mol. The minimum Gasteiger partial charge on any atom is -0.472 e. The monoisotopic (exact) mass is 716 g/mol. The molecule has 5 aromatic rings. The Balaban J connectivity index is 1.44. The fourth-order valence-electron chi connectivity index (χ4n) is 6.56. The van der Waals surface area contributed by atoms with Gasteiger partial charge in [0, 0.05) is 25.2 Å². The topological polar surface area (TPSA) is 151 Å². The van der Waals surface area contributed by atoms with Gasteiger partial charge in [0.25, 0.3) is 0 Å². The first-order valence-corrected chi connectivity index (χ1v) is 19.4. The molecule has 0 saturated heterocycles. The fraction of sp³-hybridized carbons (Fsp3) is 0.389. The Bertz CT molecular complexity index is 2020. The number of carbonyl (C=O) groups is 1. The van der Waals surface area contributed by atoms with Gasteiger partial charge in [0.15, 0.2) is 5.16 Å². The number of benzene rings is 2. The largest absolute Gasteiger partial charge is 0.472 e. The fourth-order valence-corrected chi connectivity index (χ4v) is 8.44. The Kier molecular flexibility index (Phi) is 10.2. The van der Waals surface area contributed by atoms with Gasteiger partial charge >= 0.3 is 0 Å². The molecule has 3 N–H and O–H groups in total. The van der Waals surface area contributed by atoms with Crippen LogP contribution in [0.2, 0.25) is 0 Å². The lowest BCUT2D eigenvalue weighted by Crippen LogP contribution is -2.37. The highest BCUT2D eigenvalue weighted by atomic mass is 32.3. The van der Waals surface area contributed by atoms with Crippen molar-refractivity contribution in [2.75, 3.05) is 18.1 Å². The van der Waals surface area contributed by atoms with E-state index in [1.165, 1.54) is 11.8 Å². The molecule has 50 heavy (non-hydrogen) atoms. The summed E-state index contributed by atoms with van der Waals surface area (Å²) in [6.07, 6.45) is 7.12. The van der Waals surface area contributed by atoms with Crippen molar-refractivity contribution in [3.05, 3.63) is 88.9 Å². The van der Waals surface area contributed by atoms with Crippen LogP contribution < -0.4 is 10.1 Å². The highest BCUT2D eigenvalue weighted by Gasteiger charge is 2.41. The van der Waals surface area contributed by atoms with Crippen LogP contribution in [0.1, 0.15) is 67.9 Å². The second-order valence-corrected chi connectivity index (χ2v) is 15.9. The van der Waals surface area contributed by atoms with Gasteiger partial charge in [-0.3, -0.25) is 13.9 Å². The van der Waals surface area contributed by atoms with Gasteiger partial charge in [-0.05, 0) is 79.5 Å². The number of thioether (sulfide) groups is 1. The maximum atomic E-state index is 14.3. The predicted molar refractivity (Wildman–Crippen MR) is 198 cm³/mol. The van der Waals surface area contributed by atoms with Crippen molar-refractivity contribution in [2.45, 2.75) is 83.1 Å². The van der Waals surface area contributed by atoms with Crippen molar-refractivity contribution in [1.29, 1.82) is 0 Å². The minimum atomic E-state index is -3.42. The highest BCUT2D eigenvalue weighted by molar-refractivity contribution is 8.22. The van der Waals surface area contributed by atoms with Crippen LogP contribution in [-0.4, -0.2) is 68.2 Å². The van der Waals surface area contributed by atoms with Gasteiger partial charge in [-0.15, -0.1) is 15.9 Å². The maximum absolute atomic E-state index is 14.3. The molecule has 2 atom stereocenters. The smallest absolute Gasteiger partial charge is 0.239 e. The van der Waals surface area contributed by atoms with Gasteiger partial charge < -0.3 is 10.1 Å². The molecule has 6 rings (SSSR count). The molecule has 0 radical (unpaired) electrons. The summed E-state index contributed by atoms with van der Waals surface area (Å²) in [6.45, 7) is 13.2. The number of nitrogens with one attached hydrogen (secondary N) is 1. The molecular formula is C36H44N8O4S2. The zero-order valence-corrected chi connectivity index (χ0v) is 31.0. The summed E-state index contributed by atoms with van der Waals surface area (Å²) in [5, 5.41) is 12.6. The first kappa shape index (κ1) is 35.7. The molecule has 1 amide bonds. The number of nitrogens with zero attached hydrogens (tertiary/aromatic N) is 7. The number of amides is 1. The summed E-state index contributed by atoms with van der Waals surface area (Å²) < 4.78 is 33.1. The summed E-state index contributed by atoms with van der Waals surface area (Å²) in [4.78, 5) is 27.6. The molecule has 0 aliphatic carbocycles. The van der Waals surface area contributed by atoms with Crippen molar-refractivity contribution in [3.8, 4) is 5.88 Å². The predicted octanol–water partition coefficient (Wildman–Crippen LogP) is 7.47. The molecule has 14 heteroatoms. The zero-order chi connectivity index (χ0) is 35.8. The quantitative estimate of drug-likeness (QED) is 0.0975. The molecular weight excluding hydrogens is 673 g/mol. The Morgan fingerprint density at radius 2 is 1.88 bits per heavy atom. The van der Waals surface area contributed by atoms with Crippen LogP contribution >= 0.6 is 22.5 Å². The Hall–Kier alpha value is -4.08. The molecule has 4 heterocycles. The highest BCUT2D eigenvalue weighted by Crippen LogP contribution is 2.57. The number of anilines is 1. The number of carbonyl (C=O) groups excluding carboxylic acids is 1. The molecule has 2 aromatic carbocycles. The van der Waals surface area contributed by atoms with Gasteiger partial charge in [0.2, 0.25) is 11.8 Å². The lowest BCUT2D eigenvalue weighted by atomic mass is 9.69. The van der Waals surface area contributed by atoms with E-state index in [0.29, 0.717) is 30.4 Å². The van der Waals surface area contributed by atoms with Crippen molar-refractivity contribution in [1.82, 2.24) is 34.3 Å². The number of hydrogen-bond acceptors (Lipinski definition) is 11. The van der Waals surface area contributed by atoms with Crippen molar-refractivity contribution in [3.63, 3.8) is 0 Å². The van der Waals surface area contributed by atoms with E-state index in [4.69, 9.17) is 4.74 Å². The molecule has 0 saturated carbocycles. The molecule has 1 aliphatic rings. The second-order valence-electron chi connectivity index (χ2n) is 13.1. The van der Waals surface area contributed by atoms with Crippen molar-refractivity contribution >= 4 is 45.2 Å². The van der Waals surface area contributed by atoms with Crippen molar-refractivity contribution < 1.29 is 18.6 Å². The van der Waals surface area contributed by atoms with E-state index in [-0.39, 0.29) is 29.3 Å². The van der Waals surface area contributed by atoms with Gasteiger partial charge in [0.1, 0.15) is 16.5 Å². The summed E-state index contributed by atoms with van der Waals surface area (Å²) in [5.74, 6) is -0.374. The molecule has 0 spiro atoms. The second kappa shape index (κ2) is 14.3. The molecule has 0 bridgehead atoms. The standard InChI is InChI=1S/C36H44N8O4S2/c1-8-27-21-43(50(46,47)30-11-10-16-37-33(30)48-27)20-25-17-24(13-12-22(25)3)31(28-14-15-29-32(23(28)4)41-42-44(29)9-2)36(5,6)34(45)40-26-18-38-35(49-7)39-19-26/h10-19,27,31,46-47H,8-9,20-21H2,1-7H3,(H,40,45). The van der Waals surface area contributed by atoms with E-state index >= 15 is 0 Å². The number of pyridine rings is 1. The number of rotatable bonds is 10. The number of fused-ring (bicyclic) bond motifs is 2. The van der Waals surface area contributed by atoms with Crippen molar-refractivity contribution in [2.24, 2.45) is 5.41 Å². The minimum absolute atomic E-state index is 0.199. The van der Waals surface area contributed by atoms with Gasteiger partial charge in [-0.1, -0.05) is 62.0 Å². The van der Waals surface area contributed by atoms with E-state index in [9.17, 15) is 13.9 Å². The van der Waals surface area contributed by atoms with Crippen LogP contribution in [0.5, 0.6) is 5.88 Å². The third kappa shape index (κ3) is 6.70. The molecule has 264 valence electrons. The number of ether oxygens (including phenoxy) is 1. The van der Waals surface area contributed by atoms with Crippen LogP contribution in [0.15, 0.2) is 71.1 Å². The normalized spacial score (nSPS) is 17.4. The summed E-state index contributed by atoms with van der Waals surface area (Å²) in [7, 11) is -3.42. The van der Waals surface area contributed by atoms with Gasteiger partial charge in [0.05, 0.1) is 35.6 Å². The van der Waals surface area contributed by atoms with E-state index in [1.54, 1.807) is 35.0 Å². The lowest BCUT2D eigenvalue weighted by molar-refractivity contribution is -0.124. The molecule has 1 aliphatic heterocycles. The van der Waals surface area contributed by atoms with Crippen LogP contribution in [0, 0.1) is 19.3 Å². The van der Waals surface area contributed by atoms with Gasteiger partial charge in [-0.2, -0.15) is 4.31 Å². The summed E-state index contributed by atoms with van der Waals surface area (Å²) >= 11 is 1.43. The first-order chi connectivity index (χ1) is 23.9. The third-order valence-electron chi connectivity index (χ3n) is 9.55. The number of hydrogen-bond donors (Lipinski definition) is 3. The van der Waals surface area contributed by atoms with Crippen LogP contribution in [0.4, 0.5) is 5.69 Å². The Morgan fingerprint density at radius 1 is 1.12 bits per heavy atom. The van der Waals surface area contributed by atoms with Crippen LogP contribution in [-0.2, 0) is 17.9 Å². The molecule has 12 nitrogen and oxygen atoms in total. The molecule has 0 fully saturated rings. The lowest BCUT2D eigenvalue weighted by Gasteiger charge is -2.42. The van der Waals surface area contributed by atoms with Gasteiger partial charge in [-0.25, -0.2) is 19.6 Å². The zero-order valence-electron chi connectivity index (χ0n) is 29.4.